The molecule has 0 atom stereocenters. The molecule has 3 heterocycles. The molecule has 0 radical (unpaired) electrons. The van der Waals surface area contributed by atoms with Crippen LogP contribution >= 0.6 is 0 Å². The Morgan fingerprint density at radius 3 is 2.15 bits per heavy atom. The summed E-state index contributed by atoms with van der Waals surface area (Å²) in [6, 6.07) is 20.3. The lowest BCUT2D eigenvalue weighted by Gasteiger charge is -2.35. The Kier molecular flexibility index (Phi) is 7.89. The monoisotopic (exact) mass is 540 g/mol. The van der Waals surface area contributed by atoms with E-state index < -0.39 is 5.60 Å². The number of nitrogens with zero attached hydrogens (tertiary/aromatic N) is 4. The fourth-order valence-corrected chi connectivity index (χ4v) is 4.99. The number of carbonyl (C=O) groups excluding carboxylic acids is 2. The third kappa shape index (κ3) is 6.34. The average molecular weight is 541 g/mol. The lowest BCUT2D eigenvalue weighted by Crippen LogP contribution is -2.49. The normalized spacial score (nSPS) is 14.3. The Morgan fingerprint density at radius 1 is 0.850 bits per heavy atom. The first-order valence-corrected chi connectivity index (χ1v) is 13.6. The van der Waals surface area contributed by atoms with Crippen LogP contribution in [0.3, 0.4) is 0 Å². The summed E-state index contributed by atoms with van der Waals surface area (Å²) in [5.41, 5.74) is 5.59. The number of hydrogen-bond acceptors (Lipinski definition) is 6. The molecule has 40 heavy (non-hydrogen) atoms. The van der Waals surface area contributed by atoms with E-state index in [1.54, 1.807) is 17.0 Å². The number of ether oxygens (including phenoxy) is 2. The van der Waals surface area contributed by atoms with Gasteiger partial charge in [0.25, 0.3) is 0 Å². The zero-order valence-electron chi connectivity index (χ0n) is 23.6. The smallest absolute Gasteiger partial charge is 0.410 e. The van der Waals surface area contributed by atoms with Crippen molar-refractivity contribution < 1.29 is 19.1 Å². The van der Waals surface area contributed by atoms with E-state index >= 15 is 0 Å². The lowest BCUT2D eigenvalue weighted by molar-refractivity contribution is 0.0139. The Morgan fingerprint density at radius 2 is 1.50 bits per heavy atom. The second-order valence-corrected chi connectivity index (χ2v) is 11.2. The fraction of sp³-hybridized carbons (Fsp3) is 0.344. The van der Waals surface area contributed by atoms with Crippen molar-refractivity contribution in [3.05, 3.63) is 89.7 Å². The summed E-state index contributed by atoms with van der Waals surface area (Å²) in [5.74, 6) is -0.337. The van der Waals surface area contributed by atoms with Crippen molar-refractivity contribution in [3.63, 3.8) is 0 Å². The number of esters is 1. The SMILES string of the molecule is COC(=O)c1ccc(Cn2ccc3c(-c4ccc(CN5CCN(C(=O)OC(C)(C)C)CC5)cc4)ccnc32)cc1. The summed E-state index contributed by atoms with van der Waals surface area (Å²) in [7, 11) is 1.39. The van der Waals surface area contributed by atoms with Gasteiger partial charge in [-0.3, -0.25) is 4.90 Å². The molecule has 1 amide bonds. The van der Waals surface area contributed by atoms with Gasteiger partial charge in [-0.05, 0) is 67.3 Å². The molecule has 0 N–H and O–H groups in total. The average Bonchev–Trinajstić information content (AvgIpc) is 3.36. The van der Waals surface area contributed by atoms with Crippen LogP contribution in [0.5, 0.6) is 0 Å². The number of methoxy groups -OCH3 is 1. The van der Waals surface area contributed by atoms with Crippen LogP contribution in [0.25, 0.3) is 22.2 Å². The molecule has 0 aliphatic carbocycles. The van der Waals surface area contributed by atoms with Crippen LogP contribution in [0.15, 0.2) is 73.1 Å². The number of fused-ring (bicyclic) bond motifs is 1. The van der Waals surface area contributed by atoms with Crippen molar-refractivity contribution in [2.24, 2.45) is 0 Å². The maximum Gasteiger partial charge on any atom is 0.410 e. The van der Waals surface area contributed by atoms with E-state index in [0.29, 0.717) is 25.2 Å². The first-order chi connectivity index (χ1) is 19.2. The van der Waals surface area contributed by atoms with E-state index in [1.165, 1.54) is 12.7 Å². The molecule has 0 bridgehead atoms. The summed E-state index contributed by atoms with van der Waals surface area (Å²) >= 11 is 0. The first-order valence-electron chi connectivity index (χ1n) is 13.6. The molecule has 0 saturated carbocycles. The maximum atomic E-state index is 12.3. The van der Waals surface area contributed by atoms with Gasteiger partial charge in [-0.15, -0.1) is 0 Å². The molecule has 2 aromatic heterocycles. The van der Waals surface area contributed by atoms with Gasteiger partial charge in [0.15, 0.2) is 0 Å². The molecular formula is C32H36N4O4. The number of benzene rings is 2. The van der Waals surface area contributed by atoms with E-state index in [4.69, 9.17) is 9.47 Å². The largest absolute Gasteiger partial charge is 0.465 e. The van der Waals surface area contributed by atoms with Gasteiger partial charge >= 0.3 is 12.1 Å². The third-order valence-corrected chi connectivity index (χ3v) is 7.09. The van der Waals surface area contributed by atoms with Crippen LogP contribution in [0, 0.1) is 0 Å². The molecule has 0 unspecified atom stereocenters. The van der Waals surface area contributed by atoms with E-state index in [1.807, 2.05) is 39.1 Å². The molecule has 2 aromatic carbocycles. The molecule has 1 aliphatic heterocycles. The Balaban J connectivity index is 1.23. The van der Waals surface area contributed by atoms with E-state index in [0.717, 1.165) is 47.4 Å². The molecule has 1 saturated heterocycles. The fourth-order valence-electron chi connectivity index (χ4n) is 4.99. The van der Waals surface area contributed by atoms with Crippen LogP contribution in [-0.4, -0.2) is 70.3 Å². The quantitative estimate of drug-likeness (QED) is 0.297. The first kappa shape index (κ1) is 27.4. The highest BCUT2D eigenvalue weighted by molar-refractivity contribution is 5.93. The highest BCUT2D eigenvalue weighted by Crippen LogP contribution is 2.29. The summed E-state index contributed by atoms with van der Waals surface area (Å²) in [6.45, 7) is 10.2. The number of hydrogen-bond donors (Lipinski definition) is 0. The third-order valence-electron chi connectivity index (χ3n) is 7.09. The van der Waals surface area contributed by atoms with Crippen molar-refractivity contribution >= 4 is 23.1 Å². The van der Waals surface area contributed by atoms with Gasteiger partial charge in [0, 0.05) is 57.0 Å². The van der Waals surface area contributed by atoms with Gasteiger partial charge in [0.1, 0.15) is 11.2 Å². The predicted octanol–water partition coefficient (Wildman–Crippen LogP) is 5.59. The Hall–Kier alpha value is -4.17. The molecule has 208 valence electrons. The molecule has 5 rings (SSSR count). The van der Waals surface area contributed by atoms with E-state index in [2.05, 4.69) is 57.0 Å². The van der Waals surface area contributed by atoms with Crippen molar-refractivity contribution in [2.45, 2.75) is 39.5 Å². The highest BCUT2D eigenvalue weighted by Gasteiger charge is 2.25. The van der Waals surface area contributed by atoms with Gasteiger partial charge in [-0.2, -0.15) is 0 Å². The predicted molar refractivity (Wildman–Crippen MR) is 155 cm³/mol. The van der Waals surface area contributed by atoms with Crippen molar-refractivity contribution in [1.82, 2.24) is 19.4 Å². The number of piperazine rings is 1. The van der Waals surface area contributed by atoms with Crippen molar-refractivity contribution in [3.8, 4) is 11.1 Å². The standard InChI is InChI=1S/C32H36N4O4/c1-32(2,3)40-31(38)35-19-17-34(18-20-35)21-23-5-9-25(10-6-23)27-13-15-33-29-28(27)14-16-36(29)22-24-7-11-26(12-8-24)30(37)39-4/h5-16H,17-22H2,1-4H3. The number of amides is 1. The molecule has 8 nitrogen and oxygen atoms in total. The van der Waals surface area contributed by atoms with Gasteiger partial charge in [0.2, 0.25) is 0 Å². The van der Waals surface area contributed by atoms with Crippen LogP contribution in [-0.2, 0) is 22.6 Å². The van der Waals surface area contributed by atoms with Crippen LogP contribution in [0.1, 0.15) is 42.3 Å². The topological polar surface area (TPSA) is 76.9 Å². The molecule has 1 fully saturated rings. The Bertz CT molecular complexity index is 1480. The van der Waals surface area contributed by atoms with Crippen molar-refractivity contribution in [2.75, 3.05) is 33.3 Å². The van der Waals surface area contributed by atoms with Gasteiger partial charge in [-0.1, -0.05) is 36.4 Å². The minimum Gasteiger partial charge on any atom is -0.465 e. The second-order valence-electron chi connectivity index (χ2n) is 11.2. The van der Waals surface area contributed by atoms with Crippen LogP contribution in [0.4, 0.5) is 4.79 Å². The summed E-state index contributed by atoms with van der Waals surface area (Å²) in [4.78, 5) is 32.9. The van der Waals surface area contributed by atoms with Crippen LogP contribution < -0.4 is 0 Å². The number of rotatable bonds is 6. The van der Waals surface area contributed by atoms with E-state index in [9.17, 15) is 9.59 Å². The minimum absolute atomic E-state index is 0.231. The summed E-state index contributed by atoms with van der Waals surface area (Å²) in [5, 5.41) is 1.10. The molecular weight excluding hydrogens is 504 g/mol. The highest BCUT2D eigenvalue weighted by atomic mass is 16.6. The zero-order chi connectivity index (χ0) is 28.3. The van der Waals surface area contributed by atoms with Crippen molar-refractivity contribution in [1.29, 1.82) is 0 Å². The maximum absolute atomic E-state index is 12.3. The summed E-state index contributed by atoms with van der Waals surface area (Å²) in [6.07, 6.45) is 3.68. The summed E-state index contributed by atoms with van der Waals surface area (Å²) < 4.78 is 12.4. The van der Waals surface area contributed by atoms with E-state index in [-0.39, 0.29) is 12.1 Å². The second kappa shape index (κ2) is 11.5. The number of carbonyl (C=O) groups is 2. The van der Waals surface area contributed by atoms with Gasteiger partial charge in [0.05, 0.1) is 12.7 Å². The molecule has 4 aromatic rings. The van der Waals surface area contributed by atoms with Gasteiger partial charge < -0.3 is 18.9 Å². The minimum atomic E-state index is -0.474. The lowest BCUT2D eigenvalue weighted by atomic mass is 10.0. The zero-order valence-corrected chi connectivity index (χ0v) is 23.6. The molecule has 1 aliphatic rings. The Labute approximate surface area is 235 Å². The number of pyridine rings is 1. The van der Waals surface area contributed by atoms with Gasteiger partial charge in [-0.25, -0.2) is 14.6 Å². The number of aromatic nitrogens is 2. The molecule has 8 heteroatoms. The van der Waals surface area contributed by atoms with Crippen LogP contribution in [0.2, 0.25) is 0 Å². The molecule has 0 spiro atoms.